The molecule has 4 bridgehead atoms. The molecule has 0 saturated heterocycles. The number of thiophene rings is 1. The Morgan fingerprint density at radius 3 is 2.48 bits per heavy atom. The average Bonchev–Trinajstić information content (AvgIpc) is 3.05. The smallest absolute Gasteiger partial charge is 0.265 e. The first-order valence-electron chi connectivity index (χ1n) is 10.3. The third-order valence-electron chi connectivity index (χ3n) is 6.98. The number of hydrogen-bond donors (Lipinski definition) is 2. The fraction of sp³-hybridized carbons (Fsp3) is 0.591. The summed E-state index contributed by atoms with van der Waals surface area (Å²) < 4.78 is 6.61. The molecule has 2 aromatic rings. The number of benzene rings is 1. The fourth-order valence-corrected chi connectivity index (χ4v) is 7.22. The van der Waals surface area contributed by atoms with E-state index in [1.54, 1.807) is 7.11 Å². The molecule has 4 nitrogen and oxygen atoms in total. The van der Waals surface area contributed by atoms with Gasteiger partial charge in [0, 0.05) is 29.2 Å². The molecule has 0 spiro atoms. The van der Waals surface area contributed by atoms with Crippen LogP contribution in [0, 0.1) is 23.7 Å². The number of hydrogen-bond acceptors (Lipinski definition) is 4. The average molecular weight is 385 g/mol. The van der Waals surface area contributed by atoms with Gasteiger partial charge < -0.3 is 15.4 Å². The molecule has 0 atom stereocenters. The topological polar surface area (TPSA) is 50.4 Å². The standard InChI is InChI=1S/C22H28N2O2S/c1-26-20-17-4-2-3-5-18(17)27-21(20)22(25)24-7-6-23-19-15-9-13-8-14(11-15)12-16(19)10-13/h2-5,13-16,19,23H,6-12H2,1H3,(H,24,25). The van der Waals surface area contributed by atoms with E-state index in [1.165, 1.54) is 43.4 Å². The van der Waals surface area contributed by atoms with Crippen molar-refractivity contribution >= 4 is 27.3 Å². The van der Waals surface area contributed by atoms with Crippen LogP contribution in [0.3, 0.4) is 0 Å². The summed E-state index contributed by atoms with van der Waals surface area (Å²) in [5.41, 5.74) is 0. The second-order valence-corrected chi connectivity index (χ2v) is 9.68. The molecule has 1 amide bonds. The molecule has 2 N–H and O–H groups in total. The molecule has 1 aromatic heterocycles. The van der Waals surface area contributed by atoms with Gasteiger partial charge in [0.25, 0.3) is 5.91 Å². The number of nitrogens with one attached hydrogen (secondary N) is 2. The Bertz CT molecular complexity index is 818. The summed E-state index contributed by atoms with van der Waals surface area (Å²) >= 11 is 1.50. The van der Waals surface area contributed by atoms with Crippen molar-refractivity contribution in [1.29, 1.82) is 0 Å². The summed E-state index contributed by atoms with van der Waals surface area (Å²) in [5.74, 6) is 4.43. The minimum absolute atomic E-state index is 0.0278. The molecule has 0 radical (unpaired) electrons. The van der Waals surface area contributed by atoms with Gasteiger partial charge in [-0.2, -0.15) is 0 Å². The van der Waals surface area contributed by atoms with Gasteiger partial charge in [0.1, 0.15) is 10.6 Å². The molecule has 4 aliphatic rings. The molecule has 4 fully saturated rings. The first-order chi connectivity index (χ1) is 13.2. The van der Waals surface area contributed by atoms with Crippen LogP contribution in [0.2, 0.25) is 0 Å². The van der Waals surface area contributed by atoms with E-state index in [0.717, 1.165) is 40.3 Å². The Balaban J connectivity index is 1.17. The van der Waals surface area contributed by atoms with Crippen LogP contribution in [0.5, 0.6) is 5.75 Å². The van der Waals surface area contributed by atoms with Gasteiger partial charge in [0.15, 0.2) is 0 Å². The minimum Gasteiger partial charge on any atom is -0.494 e. The third-order valence-corrected chi connectivity index (χ3v) is 8.13. The lowest BCUT2D eigenvalue weighted by Gasteiger charge is -2.54. The molecule has 0 aliphatic heterocycles. The Morgan fingerprint density at radius 2 is 1.78 bits per heavy atom. The molecule has 1 heterocycles. The molecule has 27 heavy (non-hydrogen) atoms. The zero-order valence-corrected chi connectivity index (χ0v) is 16.7. The number of carbonyl (C=O) groups is 1. The Hall–Kier alpha value is -1.59. The fourth-order valence-electron chi connectivity index (χ4n) is 6.13. The lowest BCUT2D eigenvalue weighted by Crippen LogP contribution is -2.55. The van der Waals surface area contributed by atoms with Crippen LogP contribution >= 0.6 is 11.3 Å². The normalized spacial score (nSPS) is 31.4. The zero-order chi connectivity index (χ0) is 18.4. The van der Waals surface area contributed by atoms with Crippen LogP contribution in [0.1, 0.15) is 41.8 Å². The predicted molar refractivity (Wildman–Crippen MR) is 110 cm³/mol. The SMILES string of the molecule is COc1c(C(=O)NCCNC2C3CC4CC(C3)CC2C4)sc2ccccc12. The highest BCUT2D eigenvalue weighted by Gasteiger charge is 2.47. The molecule has 4 aliphatic carbocycles. The van der Waals surface area contributed by atoms with E-state index in [-0.39, 0.29) is 5.91 Å². The lowest BCUT2D eigenvalue weighted by atomic mass is 9.54. The Kier molecular flexibility index (Phi) is 4.60. The number of amides is 1. The second-order valence-electron chi connectivity index (χ2n) is 8.63. The van der Waals surface area contributed by atoms with Crippen LogP contribution in [0.15, 0.2) is 24.3 Å². The van der Waals surface area contributed by atoms with Crippen molar-refractivity contribution < 1.29 is 9.53 Å². The van der Waals surface area contributed by atoms with E-state index >= 15 is 0 Å². The second kappa shape index (κ2) is 7.10. The van der Waals surface area contributed by atoms with E-state index in [0.29, 0.717) is 23.2 Å². The summed E-state index contributed by atoms with van der Waals surface area (Å²) in [6.45, 7) is 1.52. The van der Waals surface area contributed by atoms with E-state index < -0.39 is 0 Å². The van der Waals surface area contributed by atoms with E-state index in [1.807, 2.05) is 24.3 Å². The Labute approximate surface area is 164 Å². The van der Waals surface area contributed by atoms with Crippen molar-refractivity contribution in [3.8, 4) is 5.75 Å². The molecule has 4 saturated carbocycles. The molecular formula is C22H28N2O2S. The largest absolute Gasteiger partial charge is 0.494 e. The number of rotatable bonds is 6. The number of methoxy groups -OCH3 is 1. The van der Waals surface area contributed by atoms with Gasteiger partial charge in [-0.3, -0.25) is 4.79 Å². The van der Waals surface area contributed by atoms with Crippen LogP contribution in [-0.4, -0.2) is 32.1 Å². The van der Waals surface area contributed by atoms with Gasteiger partial charge in [-0.25, -0.2) is 0 Å². The van der Waals surface area contributed by atoms with Crippen molar-refractivity contribution in [2.24, 2.45) is 23.7 Å². The van der Waals surface area contributed by atoms with Crippen molar-refractivity contribution in [2.45, 2.75) is 38.1 Å². The summed E-state index contributed by atoms with van der Waals surface area (Å²) in [6.07, 6.45) is 7.20. The van der Waals surface area contributed by atoms with Gasteiger partial charge in [0.05, 0.1) is 7.11 Å². The monoisotopic (exact) mass is 384 g/mol. The summed E-state index contributed by atoms with van der Waals surface area (Å²) in [5, 5.41) is 7.89. The van der Waals surface area contributed by atoms with Crippen molar-refractivity contribution in [3.63, 3.8) is 0 Å². The maximum absolute atomic E-state index is 12.7. The molecule has 1 aromatic carbocycles. The summed E-state index contributed by atoms with van der Waals surface area (Å²) in [7, 11) is 1.64. The van der Waals surface area contributed by atoms with Gasteiger partial charge in [-0.05, 0) is 67.9 Å². The van der Waals surface area contributed by atoms with Crippen LogP contribution in [-0.2, 0) is 0 Å². The van der Waals surface area contributed by atoms with Gasteiger partial charge in [-0.15, -0.1) is 11.3 Å². The number of ether oxygens (including phenoxy) is 1. The first-order valence-corrected chi connectivity index (χ1v) is 11.1. The number of carbonyl (C=O) groups excluding carboxylic acids is 1. The summed E-state index contributed by atoms with van der Waals surface area (Å²) in [4.78, 5) is 13.4. The number of fused-ring (bicyclic) bond motifs is 1. The van der Waals surface area contributed by atoms with E-state index in [4.69, 9.17) is 4.74 Å². The minimum atomic E-state index is -0.0278. The van der Waals surface area contributed by atoms with Crippen LogP contribution in [0.25, 0.3) is 10.1 Å². The quantitative estimate of drug-likeness (QED) is 0.739. The molecule has 6 rings (SSSR count). The molecular weight excluding hydrogens is 356 g/mol. The van der Waals surface area contributed by atoms with E-state index in [2.05, 4.69) is 10.6 Å². The Morgan fingerprint density at radius 1 is 1.07 bits per heavy atom. The van der Waals surface area contributed by atoms with Crippen molar-refractivity contribution in [1.82, 2.24) is 10.6 Å². The zero-order valence-electron chi connectivity index (χ0n) is 15.9. The highest BCUT2D eigenvalue weighted by molar-refractivity contribution is 7.21. The predicted octanol–water partition coefficient (Wildman–Crippen LogP) is 4.05. The van der Waals surface area contributed by atoms with Gasteiger partial charge in [-0.1, -0.05) is 12.1 Å². The summed E-state index contributed by atoms with van der Waals surface area (Å²) in [6, 6.07) is 8.69. The van der Waals surface area contributed by atoms with Gasteiger partial charge in [0.2, 0.25) is 0 Å². The van der Waals surface area contributed by atoms with E-state index in [9.17, 15) is 4.79 Å². The molecule has 144 valence electrons. The third kappa shape index (κ3) is 3.15. The highest BCUT2D eigenvalue weighted by Crippen LogP contribution is 2.53. The highest BCUT2D eigenvalue weighted by atomic mass is 32.1. The van der Waals surface area contributed by atoms with Crippen LogP contribution in [0.4, 0.5) is 0 Å². The van der Waals surface area contributed by atoms with Crippen LogP contribution < -0.4 is 15.4 Å². The molecule has 5 heteroatoms. The molecule has 0 unspecified atom stereocenters. The van der Waals surface area contributed by atoms with Crippen molar-refractivity contribution in [2.75, 3.05) is 20.2 Å². The lowest BCUT2D eigenvalue weighted by molar-refractivity contribution is -0.0133. The van der Waals surface area contributed by atoms with Gasteiger partial charge >= 0.3 is 0 Å². The maximum atomic E-state index is 12.7. The first kappa shape index (κ1) is 17.5. The van der Waals surface area contributed by atoms with Crippen molar-refractivity contribution in [3.05, 3.63) is 29.1 Å². The maximum Gasteiger partial charge on any atom is 0.265 e.